The largest absolute Gasteiger partial charge is 0.492 e. The van der Waals surface area contributed by atoms with E-state index in [2.05, 4.69) is 5.32 Å². The maximum atomic E-state index is 12.8. The second-order valence-electron chi connectivity index (χ2n) is 7.83. The Morgan fingerprint density at radius 3 is 2.70 bits per heavy atom. The molecule has 168 valence electrons. The lowest BCUT2D eigenvalue weighted by atomic mass is 10.1. The maximum absolute atomic E-state index is 12.8. The third-order valence-electron chi connectivity index (χ3n) is 5.23. The Hall–Kier alpha value is -4.06. The molecule has 0 saturated carbocycles. The number of rotatable bonds is 7. The van der Waals surface area contributed by atoms with Crippen molar-refractivity contribution in [1.82, 2.24) is 0 Å². The van der Waals surface area contributed by atoms with E-state index in [1.165, 1.54) is 6.08 Å². The fourth-order valence-corrected chi connectivity index (χ4v) is 3.60. The molecule has 1 aliphatic heterocycles. The predicted molar refractivity (Wildman–Crippen MR) is 130 cm³/mol. The second kappa shape index (κ2) is 10.0. The molecular formula is C27H26N2O4. The van der Waals surface area contributed by atoms with Crippen LogP contribution in [-0.4, -0.2) is 31.1 Å². The summed E-state index contributed by atoms with van der Waals surface area (Å²) in [5, 5.41) is 2.85. The monoisotopic (exact) mass is 442 g/mol. The van der Waals surface area contributed by atoms with E-state index in [1.807, 2.05) is 61.5 Å². The lowest BCUT2D eigenvalue weighted by Gasteiger charge is -2.33. The number of hydrogen-bond acceptors (Lipinski definition) is 4. The van der Waals surface area contributed by atoms with Gasteiger partial charge in [-0.2, -0.15) is 0 Å². The van der Waals surface area contributed by atoms with Crippen LogP contribution in [0.4, 0.5) is 11.4 Å². The normalized spacial score (nSPS) is 15.2. The SMILES string of the molecule is Cc1cccc(OCCN2C(=O)C(C)Oc3ccc(NC(=O)/C=C/c4ccccc4)cc32)c1. The van der Waals surface area contributed by atoms with Crippen LogP contribution in [0, 0.1) is 6.92 Å². The quantitative estimate of drug-likeness (QED) is 0.532. The molecule has 1 N–H and O–H groups in total. The molecule has 0 saturated heterocycles. The highest BCUT2D eigenvalue weighted by Crippen LogP contribution is 2.36. The third kappa shape index (κ3) is 5.60. The molecule has 3 aromatic rings. The van der Waals surface area contributed by atoms with E-state index in [0.29, 0.717) is 30.3 Å². The van der Waals surface area contributed by atoms with Gasteiger partial charge in [0.1, 0.15) is 18.1 Å². The molecule has 1 unspecified atom stereocenters. The van der Waals surface area contributed by atoms with Crippen molar-refractivity contribution in [3.8, 4) is 11.5 Å². The van der Waals surface area contributed by atoms with Gasteiger partial charge in [0, 0.05) is 11.8 Å². The van der Waals surface area contributed by atoms with Crippen LogP contribution in [0.15, 0.2) is 78.9 Å². The van der Waals surface area contributed by atoms with E-state index < -0.39 is 6.10 Å². The van der Waals surface area contributed by atoms with Crippen LogP contribution in [0.25, 0.3) is 6.08 Å². The Morgan fingerprint density at radius 1 is 1.09 bits per heavy atom. The molecule has 1 aliphatic rings. The highest BCUT2D eigenvalue weighted by atomic mass is 16.5. The summed E-state index contributed by atoms with van der Waals surface area (Å²) in [7, 11) is 0. The van der Waals surface area contributed by atoms with Crippen molar-refractivity contribution in [2.75, 3.05) is 23.4 Å². The minimum absolute atomic E-state index is 0.150. The number of carbonyl (C=O) groups is 2. The van der Waals surface area contributed by atoms with Gasteiger partial charge in [-0.3, -0.25) is 9.59 Å². The average molecular weight is 443 g/mol. The van der Waals surface area contributed by atoms with Gasteiger partial charge >= 0.3 is 0 Å². The van der Waals surface area contributed by atoms with Crippen LogP contribution in [0.5, 0.6) is 11.5 Å². The molecule has 6 nitrogen and oxygen atoms in total. The Labute approximate surface area is 193 Å². The third-order valence-corrected chi connectivity index (χ3v) is 5.23. The molecule has 1 atom stereocenters. The highest BCUT2D eigenvalue weighted by Gasteiger charge is 2.31. The van der Waals surface area contributed by atoms with E-state index in [0.717, 1.165) is 16.9 Å². The Kier molecular flexibility index (Phi) is 6.74. The first-order valence-corrected chi connectivity index (χ1v) is 10.9. The highest BCUT2D eigenvalue weighted by molar-refractivity contribution is 6.04. The van der Waals surface area contributed by atoms with E-state index in [4.69, 9.17) is 9.47 Å². The number of nitrogens with one attached hydrogen (secondary N) is 1. The van der Waals surface area contributed by atoms with Gasteiger partial charge in [0.25, 0.3) is 5.91 Å². The molecule has 0 spiro atoms. The molecular weight excluding hydrogens is 416 g/mol. The van der Waals surface area contributed by atoms with Gasteiger partial charge in [0.05, 0.1) is 12.2 Å². The van der Waals surface area contributed by atoms with E-state index >= 15 is 0 Å². The van der Waals surface area contributed by atoms with E-state index in [9.17, 15) is 9.59 Å². The van der Waals surface area contributed by atoms with Crippen molar-refractivity contribution in [2.24, 2.45) is 0 Å². The zero-order valence-corrected chi connectivity index (χ0v) is 18.7. The molecule has 0 fully saturated rings. The fraction of sp³-hybridized carbons (Fsp3) is 0.185. The smallest absolute Gasteiger partial charge is 0.267 e. The number of aryl methyl sites for hydroxylation is 1. The summed E-state index contributed by atoms with van der Waals surface area (Å²) >= 11 is 0. The summed E-state index contributed by atoms with van der Waals surface area (Å²) in [5.41, 5.74) is 3.23. The van der Waals surface area contributed by atoms with Crippen LogP contribution in [0.3, 0.4) is 0 Å². The first kappa shape index (κ1) is 22.1. The summed E-state index contributed by atoms with van der Waals surface area (Å²) in [6, 6.07) is 22.6. The number of fused-ring (bicyclic) bond motifs is 1. The molecule has 0 aromatic heterocycles. The van der Waals surface area contributed by atoms with Crippen molar-refractivity contribution in [2.45, 2.75) is 20.0 Å². The zero-order valence-electron chi connectivity index (χ0n) is 18.7. The second-order valence-corrected chi connectivity index (χ2v) is 7.83. The van der Waals surface area contributed by atoms with Gasteiger partial charge in [0.2, 0.25) is 5.91 Å². The lowest BCUT2D eigenvalue weighted by molar-refractivity contribution is -0.125. The van der Waals surface area contributed by atoms with Gasteiger partial charge in [0.15, 0.2) is 6.10 Å². The van der Waals surface area contributed by atoms with Gasteiger partial charge < -0.3 is 19.7 Å². The summed E-state index contributed by atoms with van der Waals surface area (Å²) in [6.07, 6.45) is 2.63. The van der Waals surface area contributed by atoms with Crippen molar-refractivity contribution in [3.05, 3.63) is 90.0 Å². The first-order valence-electron chi connectivity index (χ1n) is 10.9. The average Bonchev–Trinajstić information content (AvgIpc) is 2.81. The minimum Gasteiger partial charge on any atom is -0.492 e. The van der Waals surface area contributed by atoms with Crippen molar-refractivity contribution in [3.63, 3.8) is 0 Å². The van der Waals surface area contributed by atoms with Gasteiger partial charge in [-0.1, -0.05) is 42.5 Å². The zero-order chi connectivity index (χ0) is 23.2. The molecule has 6 heteroatoms. The van der Waals surface area contributed by atoms with Crippen LogP contribution in [0.1, 0.15) is 18.1 Å². The number of nitrogens with zero attached hydrogens (tertiary/aromatic N) is 1. The Morgan fingerprint density at radius 2 is 1.91 bits per heavy atom. The Bertz CT molecular complexity index is 1170. The van der Waals surface area contributed by atoms with Crippen LogP contribution >= 0.6 is 0 Å². The van der Waals surface area contributed by atoms with Gasteiger partial charge in [-0.15, -0.1) is 0 Å². The topological polar surface area (TPSA) is 67.9 Å². The van der Waals surface area contributed by atoms with Crippen LogP contribution < -0.4 is 19.7 Å². The van der Waals surface area contributed by atoms with Crippen molar-refractivity contribution >= 4 is 29.3 Å². The lowest BCUT2D eigenvalue weighted by Crippen LogP contribution is -2.46. The number of carbonyl (C=O) groups excluding carboxylic acids is 2. The van der Waals surface area contributed by atoms with Gasteiger partial charge in [-0.25, -0.2) is 0 Å². The Balaban J connectivity index is 1.46. The summed E-state index contributed by atoms with van der Waals surface area (Å²) < 4.78 is 11.6. The predicted octanol–water partition coefficient (Wildman–Crippen LogP) is 4.84. The summed E-state index contributed by atoms with van der Waals surface area (Å²) in [6.45, 7) is 4.42. The number of ether oxygens (including phenoxy) is 2. The summed E-state index contributed by atoms with van der Waals surface area (Å²) in [5.74, 6) is 0.943. The molecule has 0 radical (unpaired) electrons. The number of benzene rings is 3. The molecule has 33 heavy (non-hydrogen) atoms. The first-order chi connectivity index (χ1) is 16.0. The number of hydrogen-bond donors (Lipinski definition) is 1. The standard InChI is InChI=1S/C27H26N2O4/c1-19-7-6-10-23(17-19)32-16-15-29-24-18-22(12-13-25(24)33-20(2)27(29)31)28-26(30)14-11-21-8-4-3-5-9-21/h3-14,17-18,20H,15-16H2,1-2H3,(H,28,30)/b14-11+. The molecule has 4 rings (SSSR count). The molecule has 0 aliphatic carbocycles. The molecule has 3 aromatic carbocycles. The van der Waals surface area contributed by atoms with Crippen LogP contribution in [0.2, 0.25) is 0 Å². The van der Waals surface area contributed by atoms with E-state index in [1.54, 1.807) is 36.1 Å². The maximum Gasteiger partial charge on any atom is 0.267 e. The van der Waals surface area contributed by atoms with Gasteiger partial charge in [-0.05, 0) is 61.4 Å². The number of anilines is 2. The van der Waals surface area contributed by atoms with Crippen molar-refractivity contribution in [1.29, 1.82) is 0 Å². The van der Waals surface area contributed by atoms with Crippen LogP contribution in [-0.2, 0) is 9.59 Å². The minimum atomic E-state index is -0.592. The summed E-state index contributed by atoms with van der Waals surface area (Å²) in [4.78, 5) is 26.9. The fourth-order valence-electron chi connectivity index (χ4n) is 3.60. The molecule has 0 bridgehead atoms. The number of amides is 2. The van der Waals surface area contributed by atoms with Crippen molar-refractivity contribution < 1.29 is 19.1 Å². The molecule has 2 amide bonds. The van der Waals surface area contributed by atoms with E-state index in [-0.39, 0.29) is 11.8 Å². The molecule has 1 heterocycles.